The fourth-order valence-corrected chi connectivity index (χ4v) is 9.66. The van der Waals surface area contributed by atoms with Crippen molar-refractivity contribution < 1.29 is 0 Å². The van der Waals surface area contributed by atoms with Crippen molar-refractivity contribution in [2.45, 2.75) is 0 Å². The highest BCUT2D eigenvalue weighted by Gasteiger charge is 2.20. The molecule has 0 aliphatic rings. The fraction of sp³-hybridized carbons (Fsp3) is 0. The molecule has 280 valence electrons. The summed E-state index contributed by atoms with van der Waals surface area (Å²) < 4.78 is 9.38. The second kappa shape index (κ2) is 12.7. The lowest BCUT2D eigenvalue weighted by molar-refractivity contribution is 1.11. The zero-order valence-corrected chi connectivity index (χ0v) is 32.4. The van der Waals surface area contributed by atoms with Crippen LogP contribution in [0.1, 0.15) is 0 Å². The first-order chi connectivity index (χ1) is 29.8. The molecule has 0 fully saturated rings. The largest absolute Gasteiger partial charge is 0.309 e. The third-order valence-corrected chi connectivity index (χ3v) is 12.3. The molecule has 0 amide bonds. The van der Waals surface area contributed by atoms with Gasteiger partial charge in [0, 0.05) is 38.6 Å². The van der Waals surface area contributed by atoms with E-state index in [9.17, 15) is 0 Å². The number of hydrogen-bond donors (Lipinski definition) is 0. The quantitative estimate of drug-likeness (QED) is 0.172. The Hall–Kier alpha value is -8.15. The molecular formula is C55H35N5. The monoisotopic (exact) mass is 765 g/mol. The van der Waals surface area contributed by atoms with E-state index < -0.39 is 0 Å². The van der Waals surface area contributed by atoms with Gasteiger partial charge in [0.1, 0.15) is 0 Å². The van der Waals surface area contributed by atoms with Gasteiger partial charge in [0.25, 0.3) is 0 Å². The zero-order chi connectivity index (χ0) is 39.3. The summed E-state index contributed by atoms with van der Waals surface area (Å²) in [6.07, 6.45) is 0. The lowest BCUT2D eigenvalue weighted by Crippen LogP contribution is -1.94. The van der Waals surface area contributed by atoms with Gasteiger partial charge in [-0.3, -0.25) is 8.97 Å². The molecule has 0 aliphatic carbocycles. The number of benzene rings is 9. The standard InChI is InChI=1S/C55H35N5/c1-4-14-40(15-5-1)57-48-22-12-10-20-43(48)45-32-36(25-29-50(45)57)38-24-28-47-53(34-38)60-54-35-39(27-31-52(54)59(55(60)56-47)42-18-8-3-9-19-42)37-26-30-51-46(33-37)44-21-11-13-23-49(44)58(51)41-16-6-2-7-17-41/h1-35H. The smallest absolute Gasteiger partial charge is 0.220 e. The van der Waals surface area contributed by atoms with E-state index in [1.807, 2.05) is 0 Å². The molecule has 0 atom stereocenters. The third-order valence-electron chi connectivity index (χ3n) is 12.3. The van der Waals surface area contributed by atoms with Gasteiger partial charge >= 0.3 is 0 Å². The van der Waals surface area contributed by atoms with E-state index >= 15 is 0 Å². The number of rotatable bonds is 5. The maximum Gasteiger partial charge on any atom is 0.220 e. The van der Waals surface area contributed by atoms with Crippen LogP contribution in [-0.2, 0) is 0 Å². The van der Waals surface area contributed by atoms with Gasteiger partial charge in [-0.15, -0.1) is 0 Å². The van der Waals surface area contributed by atoms with Crippen LogP contribution in [0.2, 0.25) is 0 Å². The van der Waals surface area contributed by atoms with Crippen LogP contribution >= 0.6 is 0 Å². The van der Waals surface area contributed by atoms with Gasteiger partial charge in [-0.2, -0.15) is 0 Å². The van der Waals surface area contributed by atoms with Gasteiger partial charge in [0.05, 0.1) is 44.1 Å². The summed E-state index contributed by atoms with van der Waals surface area (Å²) in [6.45, 7) is 0. The minimum absolute atomic E-state index is 0.892. The molecule has 0 radical (unpaired) electrons. The predicted octanol–water partition coefficient (Wildman–Crippen LogP) is 14.0. The Morgan fingerprint density at radius 2 is 0.667 bits per heavy atom. The Morgan fingerprint density at radius 3 is 1.20 bits per heavy atom. The third kappa shape index (κ3) is 4.77. The minimum Gasteiger partial charge on any atom is -0.309 e. The first kappa shape index (κ1) is 32.9. The van der Waals surface area contributed by atoms with Crippen LogP contribution in [0.4, 0.5) is 0 Å². The van der Waals surface area contributed by atoms with Gasteiger partial charge in [0.2, 0.25) is 5.78 Å². The topological polar surface area (TPSA) is 32.1 Å². The van der Waals surface area contributed by atoms with Gasteiger partial charge in [-0.05, 0) is 119 Å². The van der Waals surface area contributed by atoms with Crippen LogP contribution in [-0.4, -0.2) is 23.1 Å². The van der Waals surface area contributed by atoms with E-state index in [1.54, 1.807) is 0 Å². The molecule has 13 aromatic rings. The molecule has 5 nitrogen and oxygen atoms in total. The van der Waals surface area contributed by atoms with Crippen LogP contribution in [0.3, 0.4) is 0 Å². The van der Waals surface area contributed by atoms with E-state index in [2.05, 4.69) is 230 Å². The van der Waals surface area contributed by atoms with Crippen LogP contribution in [0, 0.1) is 0 Å². The lowest BCUT2D eigenvalue weighted by Gasteiger charge is -2.09. The molecular weight excluding hydrogens is 731 g/mol. The number of nitrogens with zero attached hydrogens (tertiary/aromatic N) is 5. The van der Waals surface area contributed by atoms with Crippen molar-refractivity contribution in [3.63, 3.8) is 0 Å². The highest BCUT2D eigenvalue weighted by atomic mass is 15.2. The molecule has 0 saturated carbocycles. The second-order valence-corrected chi connectivity index (χ2v) is 15.7. The second-order valence-electron chi connectivity index (χ2n) is 15.7. The summed E-state index contributed by atoms with van der Waals surface area (Å²) in [7, 11) is 0. The number of fused-ring (bicyclic) bond motifs is 11. The first-order valence-corrected chi connectivity index (χ1v) is 20.5. The molecule has 0 bridgehead atoms. The summed E-state index contributed by atoms with van der Waals surface area (Å²) in [5, 5.41) is 4.96. The maximum atomic E-state index is 5.32. The number of hydrogen-bond acceptors (Lipinski definition) is 1. The van der Waals surface area contributed by atoms with E-state index in [0.29, 0.717) is 0 Å². The van der Waals surface area contributed by atoms with E-state index in [4.69, 9.17) is 4.98 Å². The van der Waals surface area contributed by atoms with Crippen LogP contribution < -0.4 is 0 Å². The zero-order valence-electron chi connectivity index (χ0n) is 32.4. The SMILES string of the molecule is c1ccc(-n2c3ccccc3c3cc(-c4ccc5nc6n(-c7ccccc7)c7ccc(-c8ccc9c(c8)c8ccccc8n9-c8ccccc8)cc7n6c5c4)ccc32)cc1. The Bertz CT molecular complexity index is 3810. The van der Waals surface area contributed by atoms with Gasteiger partial charge in [-0.25, -0.2) is 4.98 Å². The summed E-state index contributed by atoms with van der Waals surface area (Å²) >= 11 is 0. The molecule has 60 heavy (non-hydrogen) atoms. The number of imidazole rings is 2. The molecule has 0 saturated heterocycles. The van der Waals surface area contributed by atoms with E-state index in [1.165, 1.54) is 54.7 Å². The first-order valence-electron chi connectivity index (χ1n) is 20.5. The van der Waals surface area contributed by atoms with Crippen LogP contribution in [0.5, 0.6) is 0 Å². The predicted molar refractivity (Wildman–Crippen MR) is 249 cm³/mol. The highest BCUT2D eigenvalue weighted by Crippen LogP contribution is 2.39. The van der Waals surface area contributed by atoms with Gasteiger partial charge < -0.3 is 9.13 Å². The molecule has 0 spiro atoms. The van der Waals surface area contributed by atoms with Crippen molar-refractivity contribution in [3.05, 3.63) is 212 Å². The molecule has 13 rings (SSSR count). The minimum atomic E-state index is 0.892. The Morgan fingerprint density at radius 1 is 0.267 bits per heavy atom. The molecule has 0 unspecified atom stereocenters. The average molecular weight is 766 g/mol. The Labute approximate surface area is 344 Å². The Balaban J connectivity index is 1.01. The van der Waals surface area contributed by atoms with E-state index in [-0.39, 0.29) is 0 Å². The average Bonchev–Trinajstić information content (AvgIpc) is 4.05. The van der Waals surface area contributed by atoms with E-state index in [0.717, 1.165) is 56.0 Å². The molecule has 4 aromatic heterocycles. The van der Waals surface area contributed by atoms with Crippen LogP contribution in [0.25, 0.3) is 111 Å². The maximum absolute atomic E-state index is 5.32. The lowest BCUT2D eigenvalue weighted by atomic mass is 10.0. The summed E-state index contributed by atoms with van der Waals surface area (Å²) in [5.74, 6) is 0.892. The van der Waals surface area contributed by atoms with Crippen LogP contribution in [0.15, 0.2) is 212 Å². The summed E-state index contributed by atoms with van der Waals surface area (Å²) in [6, 6.07) is 76.7. The molecule has 4 heterocycles. The van der Waals surface area contributed by atoms with Gasteiger partial charge in [-0.1, -0.05) is 115 Å². The van der Waals surface area contributed by atoms with Crippen molar-refractivity contribution in [1.29, 1.82) is 0 Å². The van der Waals surface area contributed by atoms with Crippen molar-refractivity contribution in [2.75, 3.05) is 0 Å². The summed E-state index contributed by atoms with van der Waals surface area (Å²) in [4.78, 5) is 5.32. The van der Waals surface area contributed by atoms with Crippen molar-refractivity contribution in [2.24, 2.45) is 0 Å². The summed E-state index contributed by atoms with van der Waals surface area (Å²) in [5.41, 5.74) is 17.1. The molecule has 0 aliphatic heterocycles. The Kier molecular flexibility index (Phi) is 6.95. The normalized spacial score (nSPS) is 12.0. The van der Waals surface area contributed by atoms with Gasteiger partial charge in [0.15, 0.2) is 0 Å². The molecule has 9 aromatic carbocycles. The van der Waals surface area contributed by atoms with Crippen molar-refractivity contribution >= 4 is 71.5 Å². The number of aromatic nitrogens is 5. The number of para-hydroxylation sites is 5. The molecule has 0 N–H and O–H groups in total. The fourth-order valence-electron chi connectivity index (χ4n) is 9.66. The van der Waals surface area contributed by atoms with Crippen molar-refractivity contribution in [1.82, 2.24) is 23.1 Å². The molecule has 5 heteroatoms. The highest BCUT2D eigenvalue weighted by molar-refractivity contribution is 6.12. The van der Waals surface area contributed by atoms with Crippen molar-refractivity contribution in [3.8, 4) is 39.3 Å².